The van der Waals surface area contributed by atoms with Crippen molar-refractivity contribution in [3.8, 4) is 0 Å². The molecular formula is C16H26N4. The molecule has 1 N–H and O–H groups in total. The van der Waals surface area contributed by atoms with Crippen LogP contribution in [-0.2, 0) is 6.42 Å². The molecule has 2 aliphatic rings. The molecule has 0 spiro atoms. The van der Waals surface area contributed by atoms with Gasteiger partial charge in [-0.3, -0.25) is 0 Å². The molecule has 0 unspecified atom stereocenters. The van der Waals surface area contributed by atoms with Gasteiger partial charge in [0.25, 0.3) is 0 Å². The number of aryl methyl sites for hydroxylation is 1. The molecule has 3 heterocycles. The van der Waals surface area contributed by atoms with Crippen LogP contribution in [0.4, 0.5) is 5.82 Å². The Morgan fingerprint density at radius 3 is 2.70 bits per heavy atom. The second-order valence-corrected chi connectivity index (χ2v) is 6.10. The van der Waals surface area contributed by atoms with Crippen LogP contribution in [-0.4, -0.2) is 35.6 Å². The van der Waals surface area contributed by atoms with Gasteiger partial charge < -0.3 is 10.2 Å². The Morgan fingerprint density at radius 2 is 1.95 bits per heavy atom. The number of hydrogen-bond donors (Lipinski definition) is 1. The van der Waals surface area contributed by atoms with Crippen molar-refractivity contribution in [1.29, 1.82) is 0 Å². The third kappa shape index (κ3) is 3.69. The molecule has 2 fully saturated rings. The molecule has 3 rings (SSSR count). The van der Waals surface area contributed by atoms with Crippen LogP contribution >= 0.6 is 0 Å². The highest BCUT2D eigenvalue weighted by Gasteiger charge is 2.15. The number of hydrogen-bond acceptors (Lipinski definition) is 4. The molecule has 0 aliphatic carbocycles. The topological polar surface area (TPSA) is 41.1 Å². The van der Waals surface area contributed by atoms with E-state index in [1.54, 1.807) is 6.33 Å². The van der Waals surface area contributed by atoms with E-state index in [9.17, 15) is 0 Å². The van der Waals surface area contributed by atoms with Crippen LogP contribution in [0, 0.1) is 0 Å². The number of rotatable bonds is 4. The molecule has 1 aromatic heterocycles. The number of aromatic nitrogens is 2. The van der Waals surface area contributed by atoms with Gasteiger partial charge in [0.2, 0.25) is 0 Å². The van der Waals surface area contributed by atoms with Crippen LogP contribution in [0.15, 0.2) is 12.4 Å². The first kappa shape index (κ1) is 13.8. The van der Waals surface area contributed by atoms with Crippen molar-refractivity contribution in [2.75, 3.05) is 24.5 Å². The summed E-state index contributed by atoms with van der Waals surface area (Å²) >= 11 is 0. The zero-order valence-corrected chi connectivity index (χ0v) is 12.4. The Labute approximate surface area is 122 Å². The van der Waals surface area contributed by atoms with E-state index in [-0.39, 0.29) is 0 Å². The second-order valence-electron chi connectivity index (χ2n) is 6.10. The minimum atomic E-state index is 0.701. The maximum atomic E-state index is 4.48. The van der Waals surface area contributed by atoms with Crippen LogP contribution in [0.5, 0.6) is 0 Å². The Bertz CT molecular complexity index is 407. The molecule has 1 atom stereocenters. The Balaban J connectivity index is 1.59. The maximum Gasteiger partial charge on any atom is 0.132 e. The standard InChI is InChI=1S/C16H26N4/c1-2-4-11-20(10-3-1)16-12-15(18-13-19-16)8-7-14-6-5-9-17-14/h12-14,17H,1-11H2/t14-/m1/s1. The number of nitrogens with one attached hydrogen (secondary N) is 1. The predicted molar refractivity (Wildman–Crippen MR) is 82.1 cm³/mol. The summed E-state index contributed by atoms with van der Waals surface area (Å²) in [4.78, 5) is 11.4. The van der Waals surface area contributed by atoms with E-state index in [0.29, 0.717) is 6.04 Å². The van der Waals surface area contributed by atoms with Gasteiger partial charge in [-0.05, 0) is 45.1 Å². The first-order valence-electron chi connectivity index (χ1n) is 8.21. The third-order valence-electron chi connectivity index (χ3n) is 4.55. The molecule has 0 aromatic carbocycles. The predicted octanol–water partition coefficient (Wildman–Crippen LogP) is 2.54. The number of nitrogens with zero attached hydrogens (tertiary/aromatic N) is 3. The normalized spacial score (nSPS) is 23.8. The molecule has 0 amide bonds. The maximum absolute atomic E-state index is 4.48. The van der Waals surface area contributed by atoms with Crippen LogP contribution < -0.4 is 10.2 Å². The highest BCUT2D eigenvalue weighted by molar-refractivity contribution is 5.39. The molecule has 4 nitrogen and oxygen atoms in total. The summed E-state index contributed by atoms with van der Waals surface area (Å²) in [7, 11) is 0. The largest absolute Gasteiger partial charge is 0.357 e. The van der Waals surface area contributed by atoms with Gasteiger partial charge in [-0.25, -0.2) is 9.97 Å². The Hall–Kier alpha value is -1.16. The summed E-state index contributed by atoms with van der Waals surface area (Å²) in [6, 6.07) is 2.91. The van der Waals surface area contributed by atoms with Crippen LogP contribution in [0.25, 0.3) is 0 Å². The first-order chi connectivity index (χ1) is 9.92. The van der Waals surface area contributed by atoms with Crippen LogP contribution in [0.2, 0.25) is 0 Å². The average molecular weight is 274 g/mol. The smallest absolute Gasteiger partial charge is 0.132 e. The number of anilines is 1. The van der Waals surface area contributed by atoms with Gasteiger partial charge >= 0.3 is 0 Å². The third-order valence-corrected chi connectivity index (χ3v) is 4.55. The van der Waals surface area contributed by atoms with Crippen LogP contribution in [0.3, 0.4) is 0 Å². The highest BCUT2D eigenvalue weighted by Crippen LogP contribution is 2.18. The van der Waals surface area contributed by atoms with Gasteiger partial charge in [0.05, 0.1) is 0 Å². The van der Waals surface area contributed by atoms with E-state index >= 15 is 0 Å². The van der Waals surface area contributed by atoms with E-state index < -0.39 is 0 Å². The van der Waals surface area contributed by atoms with Crippen molar-refractivity contribution in [1.82, 2.24) is 15.3 Å². The van der Waals surface area contributed by atoms with Gasteiger partial charge in [0.1, 0.15) is 12.1 Å². The Morgan fingerprint density at radius 1 is 1.10 bits per heavy atom. The van der Waals surface area contributed by atoms with Crippen LogP contribution in [0.1, 0.15) is 50.6 Å². The van der Waals surface area contributed by atoms with Gasteiger partial charge in [-0.15, -0.1) is 0 Å². The zero-order chi connectivity index (χ0) is 13.6. The molecule has 20 heavy (non-hydrogen) atoms. The summed E-state index contributed by atoms with van der Waals surface area (Å²) in [6.45, 7) is 3.49. The molecule has 2 aliphatic heterocycles. The lowest BCUT2D eigenvalue weighted by Gasteiger charge is -2.21. The van der Waals surface area contributed by atoms with Crippen molar-refractivity contribution in [3.63, 3.8) is 0 Å². The molecule has 1 aromatic rings. The molecule has 0 saturated carbocycles. The average Bonchev–Trinajstić information content (AvgIpc) is 2.86. The van der Waals surface area contributed by atoms with Gasteiger partial charge in [0.15, 0.2) is 0 Å². The first-order valence-corrected chi connectivity index (χ1v) is 8.21. The summed E-state index contributed by atoms with van der Waals surface area (Å²) in [5.74, 6) is 1.14. The van der Waals surface area contributed by atoms with Crippen molar-refractivity contribution < 1.29 is 0 Å². The minimum absolute atomic E-state index is 0.701. The Kier molecular flexibility index (Phi) is 4.85. The van der Waals surface area contributed by atoms with Crippen molar-refractivity contribution >= 4 is 5.82 Å². The fourth-order valence-corrected chi connectivity index (χ4v) is 3.32. The van der Waals surface area contributed by atoms with Gasteiger partial charge in [0, 0.05) is 30.9 Å². The fourth-order valence-electron chi connectivity index (χ4n) is 3.32. The van der Waals surface area contributed by atoms with Gasteiger partial charge in [-0.1, -0.05) is 12.8 Å². The highest BCUT2D eigenvalue weighted by atomic mass is 15.2. The second kappa shape index (κ2) is 7.02. The lowest BCUT2D eigenvalue weighted by Crippen LogP contribution is -2.25. The summed E-state index contributed by atoms with van der Waals surface area (Å²) in [5, 5.41) is 3.56. The monoisotopic (exact) mass is 274 g/mol. The van der Waals surface area contributed by atoms with E-state index in [0.717, 1.165) is 25.3 Å². The molecular weight excluding hydrogens is 248 g/mol. The van der Waals surface area contributed by atoms with Crippen molar-refractivity contribution in [2.24, 2.45) is 0 Å². The van der Waals surface area contributed by atoms with E-state index in [2.05, 4.69) is 26.3 Å². The summed E-state index contributed by atoms with van der Waals surface area (Å²) < 4.78 is 0. The summed E-state index contributed by atoms with van der Waals surface area (Å²) in [6.07, 6.45) is 12.0. The lowest BCUT2D eigenvalue weighted by molar-refractivity contribution is 0.555. The molecule has 2 saturated heterocycles. The zero-order valence-electron chi connectivity index (χ0n) is 12.4. The van der Waals surface area contributed by atoms with E-state index in [4.69, 9.17) is 0 Å². The van der Waals surface area contributed by atoms with Gasteiger partial charge in [-0.2, -0.15) is 0 Å². The van der Waals surface area contributed by atoms with Crippen molar-refractivity contribution in [2.45, 2.75) is 57.4 Å². The summed E-state index contributed by atoms with van der Waals surface area (Å²) in [5.41, 5.74) is 1.20. The molecule has 0 radical (unpaired) electrons. The van der Waals surface area contributed by atoms with Crippen molar-refractivity contribution in [3.05, 3.63) is 18.1 Å². The quantitative estimate of drug-likeness (QED) is 0.916. The molecule has 4 heteroatoms. The SMILES string of the molecule is c1nc(CC[C@H]2CCCN2)cc(N2CCCCCC2)n1. The molecule has 110 valence electrons. The van der Waals surface area contributed by atoms with E-state index in [1.807, 2.05) is 0 Å². The van der Waals surface area contributed by atoms with E-state index in [1.165, 1.54) is 57.2 Å². The molecule has 0 bridgehead atoms. The fraction of sp³-hybridized carbons (Fsp3) is 0.750. The lowest BCUT2D eigenvalue weighted by atomic mass is 10.1. The minimum Gasteiger partial charge on any atom is -0.357 e.